The molecule has 0 N–H and O–H groups in total. The van der Waals surface area contributed by atoms with Gasteiger partial charge >= 0.3 is 0 Å². The average Bonchev–Trinajstić information content (AvgIpc) is 2.38. The first-order valence-electron chi connectivity index (χ1n) is 5.28. The van der Waals surface area contributed by atoms with Crippen molar-refractivity contribution >= 4 is 12.2 Å². The van der Waals surface area contributed by atoms with E-state index >= 15 is 0 Å². The van der Waals surface area contributed by atoms with E-state index in [1.807, 2.05) is 48.5 Å². The van der Waals surface area contributed by atoms with Crippen molar-refractivity contribution in [3.8, 4) is 0 Å². The third-order valence-electron chi connectivity index (χ3n) is 2.41. The minimum Gasteiger partial charge on any atom is -0.232 e. The molecule has 1 radical (unpaired) electrons. The van der Waals surface area contributed by atoms with Gasteiger partial charge in [0.05, 0.1) is 0 Å². The van der Waals surface area contributed by atoms with Gasteiger partial charge in [0.2, 0.25) is 0 Å². The van der Waals surface area contributed by atoms with Gasteiger partial charge in [0.25, 0.3) is 0 Å². The van der Waals surface area contributed by atoms with Gasteiger partial charge in [0, 0.05) is 0 Å². The fourth-order valence-corrected chi connectivity index (χ4v) is 1.48. The minimum atomic E-state index is -0.150. The topological polar surface area (TPSA) is 19.9 Å². The number of hydrogen-bond donors (Lipinski definition) is 0. The highest BCUT2D eigenvalue weighted by molar-refractivity contribution is 5.69. The van der Waals surface area contributed by atoms with Gasteiger partial charge in [-0.05, 0) is 16.7 Å². The molecule has 0 saturated heterocycles. The van der Waals surface area contributed by atoms with E-state index in [2.05, 4.69) is 18.2 Å². The van der Waals surface area contributed by atoms with Gasteiger partial charge < -0.3 is 0 Å². The summed E-state index contributed by atoms with van der Waals surface area (Å²) in [4.78, 5) is 0. The molecule has 0 aliphatic rings. The van der Waals surface area contributed by atoms with Crippen LogP contribution in [-0.4, -0.2) is 0 Å². The fourth-order valence-electron chi connectivity index (χ4n) is 1.48. The van der Waals surface area contributed by atoms with Crippen molar-refractivity contribution in [2.45, 2.75) is 6.61 Å². The summed E-state index contributed by atoms with van der Waals surface area (Å²) in [6.45, 7) is -0.150. The fraction of sp³-hybridized carbons (Fsp3) is 0.0667. The van der Waals surface area contributed by atoms with E-state index in [-0.39, 0.29) is 6.61 Å². The normalized spacial score (nSPS) is 10.8. The molecule has 0 fully saturated rings. The maximum absolute atomic E-state index is 10.6. The molecular weight excluding hydrogens is 196 g/mol. The zero-order valence-electron chi connectivity index (χ0n) is 8.97. The molecule has 2 rings (SSSR count). The Hall–Kier alpha value is -1.86. The van der Waals surface area contributed by atoms with E-state index in [1.165, 1.54) is 5.56 Å². The summed E-state index contributed by atoms with van der Waals surface area (Å²) >= 11 is 0. The van der Waals surface area contributed by atoms with Gasteiger partial charge in [-0.15, -0.1) is 0 Å². The first-order chi connectivity index (χ1) is 7.88. The molecule has 0 aromatic heterocycles. The van der Waals surface area contributed by atoms with Crippen LogP contribution in [0.4, 0.5) is 0 Å². The van der Waals surface area contributed by atoms with Crippen LogP contribution < -0.4 is 0 Å². The Morgan fingerprint density at radius 1 is 0.750 bits per heavy atom. The number of rotatable bonds is 3. The molecule has 0 amide bonds. The molecule has 1 heteroatoms. The molecule has 0 aliphatic carbocycles. The highest BCUT2D eigenvalue weighted by Gasteiger charge is 1.90. The molecule has 2 aromatic carbocycles. The van der Waals surface area contributed by atoms with E-state index in [1.54, 1.807) is 0 Å². The van der Waals surface area contributed by atoms with Crippen molar-refractivity contribution in [2.24, 2.45) is 0 Å². The van der Waals surface area contributed by atoms with Gasteiger partial charge in [0.1, 0.15) is 6.61 Å². The lowest BCUT2D eigenvalue weighted by molar-refractivity contribution is 0.177. The zero-order chi connectivity index (χ0) is 11.2. The summed E-state index contributed by atoms with van der Waals surface area (Å²) in [7, 11) is 0. The molecule has 79 valence electrons. The Morgan fingerprint density at radius 3 is 1.88 bits per heavy atom. The Balaban J connectivity index is 2.12. The van der Waals surface area contributed by atoms with Crippen LogP contribution in [0.15, 0.2) is 54.6 Å². The Kier molecular flexibility index (Phi) is 3.52. The van der Waals surface area contributed by atoms with Crippen LogP contribution in [0.3, 0.4) is 0 Å². The van der Waals surface area contributed by atoms with E-state index in [4.69, 9.17) is 0 Å². The summed E-state index contributed by atoms with van der Waals surface area (Å²) < 4.78 is 0. The van der Waals surface area contributed by atoms with Crippen LogP contribution in [0.5, 0.6) is 0 Å². The lowest BCUT2D eigenvalue weighted by Crippen LogP contribution is -1.80. The van der Waals surface area contributed by atoms with E-state index in [9.17, 15) is 5.11 Å². The van der Waals surface area contributed by atoms with Crippen molar-refractivity contribution in [1.82, 2.24) is 0 Å². The van der Waals surface area contributed by atoms with Crippen LogP contribution in [0.25, 0.3) is 12.2 Å². The molecule has 2 aromatic rings. The highest BCUT2D eigenvalue weighted by Crippen LogP contribution is 2.09. The molecule has 0 bridgehead atoms. The Morgan fingerprint density at radius 2 is 1.31 bits per heavy atom. The predicted octanol–water partition coefficient (Wildman–Crippen LogP) is 3.79. The maximum atomic E-state index is 10.6. The van der Waals surface area contributed by atoms with Crippen LogP contribution in [0.1, 0.15) is 16.7 Å². The van der Waals surface area contributed by atoms with Gasteiger partial charge in [-0.1, -0.05) is 66.7 Å². The van der Waals surface area contributed by atoms with Gasteiger partial charge in [0.15, 0.2) is 0 Å². The van der Waals surface area contributed by atoms with E-state index in [0.29, 0.717) is 0 Å². The van der Waals surface area contributed by atoms with Gasteiger partial charge in [-0.3, -0.25) is 0 Å². The number of hydrogen-bond acceptors (Lipinski definition) is 0. The van der Waals surface area contributed by atoms with Crippen LogP contribution in [-0.2, 0) is 11.7 Å². The summed E-state index contributed by atoms with van der Waals surface area (Å²) in [5.41, 5.74) is 3.12. The third kappa shape index (κ3) is 2.81. The van der Waals surface area contributed by atoms with Crippen molar-refractivity contribution < 1.29 is 5.11 Å². The monoisotopic (exact) mass is 209 g/mol. The summed E-state index contributed by atoms with van der Waals surface area (Å²) in [5.74, 6) is 0. The van der Waals surface area contributed by atoms with Gasteiger partial charge in [-0.2, -0.15) is 0 Å². The molecule has 16 heavy (non-hydrogen) atoms. The second-order valence-corrected chi connectivity index (χ2v) is 3.63. The zero-order valence-corrected chi connectivity index (χ0v) is 8.97. The molecule has 0 spiro atoms. The number of benzene rings is 2. The molecule has 0 aliphatic heterocycles. The first-order valence-corrected chi connectivity index (χ1v) is 5.28. The molecule has 1 nitrogen and oxygen atoms in total. The van der Waals surface area contributed by atoms with Crippen LogP contribution in [0, 0.1) is 0 Å². The average molecular weight is 209 g/mol. The quantitative estimate of drug-likeness (QED) is 0.685. The maximum Gasteiger partial charge on any atom is 0.107 e. The molecule has 0 saturated carbocycles. The SMILES string of the molecule is [O]Cc1ccc(/C=C/c2ccccc2)cc1. The van der Waals surface area contributed by atoms with Crippen molar-refractivity contribution in [1.29, 1.82) is 0 Å². The predicted molar refractivity (Wildman–Crippen MR) is 66.2 cm³/mol. The van der Waals surface area contributed by atoms with E-state index < -0.39 is 0 Å². The molecule has 0 heterocycles. The second kappa shape index (κ2) is 5.29. The van der Waals surface area contributed by atoms with Crippen LogP contribution >= 0.6 is 0 Å². The molecule has 0 unspecified atom stereocenters. The lowest BCUT2D eigenvalue weighted by Gasteiger charge is -1.96. The summed E-state index contributed by atoms with van der Waals surface area (Å²) in [5, 5.41) is 10.6. The summed E-state index contributed by atoms with van der Waals surface area (Å²) in [6.07, 6.45) is 4.11. The van der Waals surface area contributed by atoms with Crippen molar-refractivity contribution in [3.05, 3.63) is 71.3 Å². The van der Waals surface area contributed by atoms with Gasteiger partial charge in [-0.25, -0.2) is 5.11 Å². The standard InChI is InChI=1S/C15H13O/c16-12-15-10-8-14(9-11-15)7-6-13-4-2-1-3-5-13/h1-11H,12H2/b7-6+. The Labute approximate surface area is 95.7 Å². The lowest BCUT2D eigenvalue weighted by atomic mass is 10.1. The second-order valence-electron chi connectivity index (χ2n) is 3.63. The highest BCUT2D eigenvalue weighted by atomic mass is 16.3. The first kappa shape index (κ1) is 10.7. The molecular formula is C15H13O. The van der Waals surface area contributed by atoms with E-state index in [0.717, 1.165) is 11.1 Å². The largest absolute Gasteiger partial charge is 0.232 e. The van der Waals surface area contributed by atoms with Crippen LogP contribution in [0.2, 0.25) is 0 Å². The third-order valence-corrected chi connectivity index (χ3v) is 2.41. The smallest absolute Gasteiger partial charge is 0.107 e. The molecule has 0 atom stereocenters. The Bertz CT molecular complexity index is 455. The van der Waals surface area contributed by atoms with Crippen molar-refractivity contribution in [2.75, 3.05) is 0 Å². The summed E-state index contributed by atoms with van der Waals surface area (Å²) in [6, 6.07) is 17.8. The van der Waals surface area contributed by atoms with Crippen molar-refractivity contribution in [3.63, 3.8) is 0 Å². The minimum absolute atomic E-state index is 0.150.